The first-order valence-corrected chi connectivity index (χ1v) is 6.38. The number of amides is 1. The zero-order valence-corrected chi connectivity index (χ0v) is 10.6. The van der Waals surface area contributed by atoms with Gasteiger partial charge in [-0.1, -0.05) is 6.07 Å². The molecule has 1 atom stereocenters. The Kier molecular flexibility index (Phi) is 4.16. The number of benzene rings is 1. The van der Waals surface area contributed by atoms with Gasteiger partial charge in [0.25, 0.3) is 5.91 Å². The van der Waals surface area contributed by atoms with Crippen molar-refractivity contribution in [2.24, 2.45) is 0 Å². The van der Waals surface area contributed by atoms with E-state index < -0.39 is 24.5 Å². The SMILES string of the molecule is O=C(N[C@H](CO)C(=O)O)c1ccc2c(c1)CCCC2. The molecule has 1 aromatic carbocycles. The van der Waals surface area contributed by atoms with Crippen molar-refractivity contribution in [2.45, 2.75) is 31.7 Å². The van der Waals surface area contributed by atoms with Crippen LogP contribution in [0.5, 0.6) is 0 Å². The Labute approximate surface area is 111 Å². The van der Waals surface area contributed by atoms with Crippen molar-refractivity contribution in [3.05, 3.63) is 34.9 Å². The number of carbonyl (C=O) groups excluding carboxylic acids is 1. The van der Waals surface area contributed by atoms with Crippen LogP contribution in [0, 0.1) is 0 Å². The van der Waals surface area contributed by atoms with Crippen molar-refractivity contribution in [3.8, 4) is 0 Å². The monoisotopic (exact) mass is 263 g/mol. The highest BCUT2D eigenvalue weighted by atomic mass is 16.4. The Morgan fingerprint density at radius 3 is 2.53 bits per heavy atom. The van der Waals surface area contributed by atoms with Crippen LogP contribution in [0.3, 0.4) is 0 Å². The van der Waals surface area contributed by atoms with Crippen LogP contribution < -0.4 is 5.32 Å². The number of aliphatic carboxylic acids is 1. The lowest BCUT2D eigenvalue weighted by Crippen LogP contribution is -2.43. The van der Waals surface area contributed by atoms with Crippen LogP contribution >= 0.6 is 0 Å². The molecule has 5 heteroatoms. The fraction of sp³-hybridized carbons (Fsp3) is 0.429. The summed E-state index contributed by atoms with van der Waals surface area (Å²) in [5.41, 5.74) is 2.87. The van der Waals surface area contributed by atoms with E-state index in [1.807, 2.05) is 12.1 Å². The molecule has 0 saturated heterocycles. The molecule has 19 heavy (non-hydrogen) atoms. The van der Waals surface area contributed by atoms with Gasteiger partial charge in [-0.25, -0.2) is 4.79 Å². The van der Waals surface area contributed by atoms with E-state index in [9.17, 15) is 9.59 Å². The summed E-state index contributed by atoms with van der Waals surface area (Å²) in [5, 5.41) is 20.0. The van der Waals surface area contributed by atoms with Gasteiger partial charge in [0, 0.05) is 5.56 Å². The van der Waals surface area contributed by atoms with E-state index in [0.717, 1.165) is 24.8 Å². The van der Waals surface area contributed by atoms with E-state index in [4.69, 9.17) is 10.2 Å². The molecule has 0 radical (unpaired) electrons. The molecule has 0 aliphatic heterocycles. The largest absolute Gasteiger partial charge is 0.480 e. The summed E-state index contributed by atoms with van der Waals surface area (Å²) in [5.74, 6) is -1.70. The van der Waals surface area contributed by atoms with Crippen LogP contribution in [0.25, 0.3) is 0 Å². The molecule has 1 aliphatic carbocycles. The summed E-state index contributed by atoms with van der Waals surface area (Å²) in [6.07, 6.45) is 4.28. The van der Waals surface area contributed by atoms with Gasteiger partial charge in [0.1, 0.15) is 0 Å². The maximum atomic E-state index is 11.9. The van der Waals surface area contributed by atoms with Gasteiger partial charge >= 0.3 is 5.97 Å². The second kappa shape index (κ2) is 5.84. The third-order valence-electron chi connectivity index (χ3n) is 3.40. The molecular weight excluding hydrogens is 246 g/mol. The first-order chi connectivity index (χ1) is 9.11. The van der Waals surface area contributed by atoms with Crippen molar-refractivity contribution >= 4 is 11.9 Å². The van der Waals surface area contributed by atoms with Gasteiger partial charge in [0.2, 0.25) is 0 Å². The highest BCUT2D eigenvalue weighted by Crippen LogP contribution is 2.22. The predicted molar refractivity (Wildman–Crippen MR) is 69.1 cm³/mol. The van der Waals surface area contributed by atoms with Gasteiger partial charge in [-0.3, -0.25) is 4.79 Å². The van der Waals surface area contributed by atoms with Crippen molar-refractivity contribution in [1.82, 2.24) is 5.32 Å². The molecular formula is C14H17NO4. The van der Waals surface area contributed by atoms with Gasteiger partial charge < -0.3 is 15.5 Å². The minimum atomic E-state index is -1.26. The molecule has 0 spiro atoms. The Morgan fingerprint density at radius 2 is 1.89 bits per heavy atom. The third-order valence-corrected chi connectivity index (χ3v) is 3.40. The average molecular weight is 263 g/mol. The number of carboxylic acid groups (broad SMARTS) is 1. The van der Waals surface area contributed by atoms with E-state index in [1.54, 1.807) is 6.07 Å². The smallest absolute Gasteiger partial charge is 0.328 e. The summed E-state index contributed by atoms with van der Waals surface area (Å²) in [7, 11) is 0. The van der Waals surface area contributed by atoms with Crippen LogP contribution in [0.4, 0.5) is 0 Å². The molecule has 3 N–H and O–H groups in total. The number of hydrogen-bond acceptors (Lipinski definition) is 3. The van der Waals surface area contributed by atoms with E-state index in [0.29, 0.717) is 5.56 Å². The maximum Gasteiger partial charge on any atom is 0.328 e. The Balaban J connectivity index is 2.13. The van der Waals surface area contributed by atoms with Crippen LogP contribution in [-0.4, -0.2) is 34.7 Å². The maximum absolute atomic E-state index is 11.9. The highest BCUT2D eigenvalue weighted by molar-refractivity contribution is 5.96. The van der Waals surface area contributed by atoms with Crippen molar-refractivity contribution < 1.29 is 19.8 Å². The lowest BCUT2D eigenvalue weighted by molar-refractivity contribution is -0.140. The van der Waals surface area contributed by atoms with Gasteiger partial charge in [-0.2, -0.15) is 0 Å². The molecule has 102 valence electrons. The average Bonchev–Trinajstić information content (AvgIpc) is 2.43. The topological polar surface area (TPSA) is 86.6 Å². The summed E-state index contributed by atoms with van der Waals surface area (Å²) in [4.78, 5) is 22.7. The van der Waals surface area contributed by atoms with Crippen LogP contribution in [-0.2, 0) is 17.6 Å². The zero-order chi connectivity index (χ0) is 13.8. The molecule has 5 nitrogen and oxygen atoms in total. The summed E-state index contributed by atoms with van der Waals surface area (Å²) >= 11 is 0. The van der Waals surface area contributed by atoms with Gasteiger partial charge in [0.15, 0.2) is 6.04 Å². The highest BCUT2D eigenvalue weighted by Gasteiger charge is 2.20. The number of carbonyl (C=O) groups is 2. The summed E-state index contributed by atoms with van der Waals surface area (Å²) in [6, 6.07) is 4.19. The number of rotatable bonds is 4. The molecule has 0 fully saturated rings. The van der Waals surface area contributed by atoms with Crippen LogP contribution in [0.15, 0.2) is 18.2 Å². The fourth-order valence-electron chi connectivity index (χ4n) is 2.30. The third kappa shape index (κ3) is 3.12. The van der Waals surface area contributed by atoms with Gasteiger partial charge in [-0.05, 0) is 48.9 Å². The van der Waals surface area contributed by atoms with Crippen molar-refractivity contribution in [2.75, 3.05) is 6.61 Å². The molecule has 0 saturated carbocycles. The van der Waals surface area contributed by atoms with Crippen molar-refractivity contribution in [1.29, 1.82) is 0 Å². The molecule has 1 amide bonds. The first-order valence-electron chi connectivity index (χ1n) is 6.38. The quantitative estimate of drug-likeness (QED) is 0.748. The zero-order valence-electron chi connectivity index (χ0n) is 10.6. The first kappa shape index (κ1) is 13.5. The Hall–Kier alpha value is -1.88. The number of fused-ring (bicyclic) bond motifs is 1. The number of aliphatic hydroxyl groups is 1. The van der Waals surface area contributed by atoms with Crippen LogP contribution in [0.1, 0.15) is 34.3 Å². The second-order valence-electron chi connectivity index (χ2n) is 4.74. The van der Waals surface area contributed by atoms with Gasteiger partial charge in [0.05, 0.1) is 6.61 Å². The van der Waals surface area contributed by atoms with Crippen molar-refractivity contribution in [3.63, 3.8) is 0 Å². The normalized spacial score (nSPS) is 15.4. The molecule has 0 aromatic heterocycles. The minimum absolute atomic E-state index is 0.445. The lowest BCUT2D eigenvalue weighted by atomic mass is 9.90. The molecule has 0 heterocycles. The lowest BCUT2D eigenvalue weighted by Gasteiger charge is -2.17. The van der Waals surface area contributed by atoms with Gasteiger partial charge in [-0.15, -0.1) is 0 Å². The van der Waals surface area contributed by atoms with E-state index in [2.05, 4.69) is 5.32 Å². The Morgan fingerprint density at radius 1 is 1.21 bits per heavy atom. The number of carboxylic acids is 1. The van der Waals surface area contributed by atoms with E-state index in [1.165, 1.54) is 12.0 Å². The number of hydrogen-bond donors (Lipinski definition) is 3. The standard InChI is InChI=1S/C14H17NO4/c16-8-12(14(18)19)15-13(17)11-6-5-9-3-1-2-4-10(9)7-11/h5-7,12,16H,1-4,8H2,(H,15,17)(H,18,19)/t12-/m1/s1. The molecule has 0 bridgehead atoms. The summed E-state index contributed by atoms with van der Waals surface area (Å²) < 4.78 is 0. The molecule has 0 unspecified atom stereocenters. The Bertz CT molecular complexity index is 498. The second-order valence-corrected chi connectivity index (χ2v) is 4.74. The minimum Gasteiger partial charge on any atom is -0.480 e. The van der Waals surface area contributed by atoms with E-state index >= 15 is 0 Å². The predicted octanol–water partition coefficient (Wildman–Crippen LogP) is 0.741. The number of nitrogens with one attached hydrogen (secondary N) is 1. The summed E-state index contributed by atoms with van der Waals surface area (Å²) in [6.45, 7) is -0.619. The molecule has 1 aromatic rings. The van der Waals surface area contributed by atoms with Crippen LogP contribution in [0.2, 0.25) is 0 Å². The fourth-order valence-corrected chi connectivity index (χ4v) is 2.30. The number of aliphatic hydroxyl groups excluding tert-OH is 1. The number of aryl methyl sites for hydroxylation is 2. The molecule has 2 rings (SSSR count). The molecule has 1 aliphatic rings. The van der Waals surface area contributed by atoms with E-state index in [-0.39, 0.29) is 0 Å².